The molecule has 0 aromatic heterocycles. The van der Waals surface area contributed by atoms with E-state index in [-0.39, 0.29) is 5.91 Å². The van der Waals surface area contributed by atoms with Crippen LogP contribution in [0.5, 0.6) is 0 Å². The van der Waals surface area contributed by atoms with Crippen molar-refractivity contribution >= 4 is 21.7 Å². The molecule has 6 nitrogen and oxygen atoms in total. The third-order valence-electron chi connectivity index (χ3n) is 4.79. The molecule has 1 fully saturated rings. The Bertz CT molecular complexity index is 915. The minimum Gasteiger partial charge on any atom is -0.465 e. The van der Waals surface area contributed by atoms with Crippen molar-refractivity contribution in [1.82, 2.24) is 4.90 Å². The summed E-state index contributed by atoms with van der Waals surface area (Å²) in [6.07, 6.45) is 0.812. The highest BCUT2D eigenvalue weighted by atomic mass is 32.2. The molecule has 1 heterocycles. The van der Waals surface area contributed by atoms with E-state index in [0.717, 1.165) is 0 Å². The molecule has 0 saturated carbocycles. The molecule has 0 unspecified atom stereocenters. The van der Waals surface area contributed by atoms with Crippen LogP contribution < -0.4 is 0 Å². The SMILES string of the molecule is COC(=O)c1ccc(C(=O)N2CCC(S(=O)(=O)c3ccccc3)CC2)cc1. The predicted octanol–water partition coefficient (Wildman–Crippen LogP) is 2.55. The average molecular weight is 387 g/mol. The third-order valence-corrected chi connectivity index (χ3v) is 7.07. The van der Waals surface area contributed by atoms with E-state index >= 15 is 0 Å². The molecule has 0 bridgehead atoms. The molecule has 0 N–H and O–H groups in total. The first-order chi connectivity index (χ1) is 12.9. The number of benzene rings is 2. The van der Waals surface area contributed by atoms with Crippen LogP contribution in [0.25, 0.3) is 0 Å². The number of esters is 1. The first-order valence-electron chi connectivity index (χ1n) is 8.70. The number of rotatable bonds is 4. The zero-order valence-corrected chi connectivity index (χ0v) is 15.8. The van der Waals surface area contributed by atoms with Gasteiger partial charge >= 0.3 is 5.97 Å². The Morgan fingerprint density at radius 2 is 1.48 bits per heavy atom. The van der Waals surface area contributed by atoms with Crippen LogP contribution in [-0.4, -0.2) is 50.6 Å². The maximum atomic E-state index is 12.7. The van der Waals surface area contributed by atoms with Gasteiger partial charge in [0.15, 0.2) is 9.84 Å². The van der Waals surface area contributed by atoms with Crippen molar-refractivity contribution in [1.29, 1.82) is 0 Å². The number of hydrogen-bond acceptors (Lipinski definition) is 5. The molecule has 2 aromatic rings. The van der Waals surface area contributed by atoms with Gasteiger partial charge in [-0.15, -0.1) is 0 Å². The van der Waals surface area contributed by atoms with E-state index in [4.69, 9.17) is 0 Å². The largest absolute Gasteiger partial charge is 0.465 e. The number of hydrogen-bond donors (Lipinski definition) is 0. The monoisotopic (exact) mass is 387 g/mol. The van der Waals surface area contributed by atoms with Gasteiger partial charge in [0, 0.05) is 18.7 Å². The zero-order valence-electron chi connectivity index (χ0n) is 15.0. The van der Waals surface area contributed by atoms with Gasteiger partial charge in [-0.3, -0.25) is 4.79 Å². The third kappa shape index (κ3) is 4.03. The van der Waals surface area contributed by atoms with Crippen LogP contribution in [0.3, 0.4) is 0 Å². The molecule has 1 aliphatic rings. The summed E-state index contributed by atoms with van der Waals surface area (Å²) in [5, 5.41) is -0.481. The average Bonchev–Trinajstić information content (AvgIpc) is 2.73. The predicted molar refractivity (Wildman–Crippen MR) is 100 cm³/mol. The highest BCUT2D eigenvalue weighted by Crippen LogP contribution is 2.25. The van der Waals surface area contributed by atoms with Crippen LogP contribution >= 0.6 is 0 Å². The zero-order chi connectivity index (χ0) is 19.4. The second-order valence-corrected chi connectivity index (χ2v) is 8.65. The number of amides is 1. The Balaban J connectivity index is 1.65. The first kappa shape index (κ1) is 19.1. The van der Waals surface area contributed by atoms with Crippen molar-refractivity contribution in [2.24, 2.45) is 0 Å². The Hall–Kier alpha value is -2.67. The topological polar surface area (TPSA) is 80.8 Å². The lowest BCUT2D eigenvalue weighted by Gasteiger charge is -2.31. The Morgan fingerprint density at radius 3 is 2.04 bits per heavy atom. The quantitative estimate of drug-likeness (QED) is 0.753. The van der Waals surface area contributed by atoms with Crippen LogP contribution in [0.2, 0.25) is 0 Å². The van der Waals surface area contributed by atoms with Gasteiger partial charge in [-0.1, -0.05) is 18.2 Å². The maximum Gasteiger partial charge on any atom is 0.337 e. The molecule has 1 aliphatic heterocycles. The molecule has 1 amide bonds. The number of carbonyl (C=O) groups excluding carboxylic acids is 2. The Morgan fingerprint density at radius 1 is 0.926 bits per heavy atom. The molecule has 0 aliphatic carbocycles. The number of methoxy groups -OCH3 is 1. The molecule has 1 saturated heterocycles. The van der Waals surface area contributed by atoms with Gasteiger partial charge in [0.1, 0.15) is 0 Å². The summed E-state index contributed by atoms with van der Waals surface area (Å²) in [5.74, 6) is -0.622. The van der Waals surface area contributed by atoms with Crippen molar-refractivity contribution in [2.75, 3.05) is 20.2 Å². The van der Waals surface area contributed by atoms with E-state index in [1.54, 1.807) is 59.5 Å². The second kappa shape index (κ2) is 7.92. The lowest BCUT2D eigenvalue weighted by atomic mass is 10.1. The highest BCUT2D eigenvalue weighted by Gasteiger charge is 2.32. The molecule has 0 radical (unpaired) electrons. The van der Waals surface area contributed by atoms with Crippen molar-refractivity contribution in [3.8, 4) is 0 Å². The van der Waals surface area contributed by atoms with Crippen molar-refractivity contribution in [2.45, 2.75) is 23.0 Å². The van der Waals surface area contributed by atoms with Crippen molar-refractivity contribution < 1.29 is 22.7 Å². The van der Waals surface area contributed by atoms with E-state index in [1.807, 2.05) is 0 Å². The maximum absolute atomic E-state index is 12.7. The number of sulfone groups is 1. The standard InChI is InChI=1S/C20H21NO5S/c1-26-20(23)16-9-7-15(8-10-16)19(22)21-13-11-18(12-14-21)27(24,25)17-5-3-2-4-6-17/h2-10,18H,11-14H2,1H3. The van der Waals surface area contributed by atoms with Crippen LogP contribution in [0, 0.1) is 0 Å². The summed E-state index contributed by atoms with van der Waals surface area (Å²) < 4.78 is 30.1. The molecule has 2 aromatic carbocycles. The lowest BCUT2D eigenvalue weighted by molar-refractivity contribution is 0.0599. The highest BCUT2D eigenvalue weighted by molar-refractivity contribution is 7.92. The summed E-state index contributed by atoms with van der Waals surface area (Å²) >= 11 is 0. The number of ether oxygens (including phenoxy) is 1. The number of likely N-dealkylation sites (tertiary alicyclic amines) is 1. The normalized spacial score (nSPS) is 15.4. The van der Waals surface area contributed by atoms with Gasteiger partial charge in [0.2, 0.25) is 0 Å². The molecular weight excluding hydrogens is 366 g/mol. The minimum atomic E-state index is -3.38. The fraction of sp³-hybridized carbons (Fsp3) is 0.300. The van der Waals surface area contributed by atoms with Crippen LogP contribution in [0.15, 0.2) is 59.5 Å². The van der Waals surface area contributed by atoms with E-state index in [1.165, 1.54) is 7.11 Å². The fourth-order valence-electron chi connectivity index (χ4n) is 3.22. The van der Waals surface area contributed by atoms with Crippen molar-refractivity contribution in [3.63, 3.8) is 0 Å². The van der Waals surface area contributed by atoms with E-state index in [0.29, 0.717) is 42.0 Å². The van der Waals surface area contributed by atoms with Gasteiger partial charge in [-0.2, -0.15) is 0 Å². The van der Waals surface area contributed by atoms with Crippen LogP contribution in [-0.2, 0) is 14.6 Å². The smallest absolute Gasteiger partial charge is 0.337 e. The van der Waals surface area contributed by atoms with Gasteiger partial charge in [-0.05, 0) is 49.2 Å². The molecule has 142 valence electrons. The molecular formula is C20H21NO5S. The fourth-order valence-corrected chi connectivity index (χ4v) is 4.97. The first-order valence-corrected chi connectivity index (χ1v) is 10.2. The van der Waals surface area contributed by atoms with Crippen LogP contribution in [0.4, 0.5) is 0 Å². The van der Waals surface area contributed by atoms with E-state index in [2.05, 4.69) is 4.74 Å². The van der Waals surface area contributed by atoms with Gasteiger partial charge < -0.3 is 9.64 Å². The second-order valence-electron chi connectivity index (χ2n) is 6.42. The molecule has 0 atom stereocenters. The number of piperidine rings is 1. The van der Waals surface area contributed by atoms with Gasteiger partial charge in [0.25, 0.3) is 5.91 Å². The Kier molecular flexibility index (Phi) is 5.60. The summed E-state index contributed by atoms with van der Waals surface area (Å²) in [6.45, 7) is 0.767. The number of carbonyl (C=O) groups is 2. The summed E-state index contributed by atoms with van der Waals surface area (Å²) in [6, 6.07) is 14.7. The molecule has 0 spiro atoms. The molecule has 3 rings (SSSR count). The summed E-state index contributed by atoms with van der Waals surface area (Å²) in [7, 11) is -2.08. The van der Waals surface area contributed by atoms with Crippen LogP contribution in [0.1, 0.15) is 33.6 Å². The number of nitrogens with zero attached hydrogens (tertiary/aromatic N) is 1. The van der Waals surface area contributed by atoms with E-state index < -0.39 is 21.1 Å². The Labute approximate surface area is 158 Å². The molecule has 27 heavy (non-hydrogen) atoms. The van der Waals surface area contributed by atoms with Gasteiger partial charge in [0.05, 0.1) is 22.8 Å². The molecule has 7 heteroatoms. The summed E-state index contributed by atoms with van der Waals surface area (Å²) in [5.41, 5.74) is 0.841. The summed E-state index contributed by atoms with van der Waals surface area (Å²) in [4.78, 5) is 26.1. The van der Waals surface area contributed by atoms with Gasteiger partial charge in [-0.25, -0.2) is 13.2 Å². The van der Waals surface area contributed by atoms with E-state index in [9.17, 15) is 18.0 Å². The van der Waals surface area contributed by atoms with Crippen molar-refractivity contribution in [3.05, 3.63) is 65.7 Å². The lowest BCUT2D eigenvalue weighted by Crippen LogP contribution is -2.42. The minimum absolute atomic E-state index is 0.165.